The zero-order chi connectivity index (χ0) is 63.3. The van der Waals surface area contributed by atoms with Crippen LogP contribution in [-0.4, -0.2) is 162 Å². The van der Waals surface area contributed by atoms with E-state index in [-0.39, 0.29) is 113 Å². The fourth-order valence-corrected chi connectivity index (χ4v) is 9.80. The van der Waals surface area contributed by atoms with Crippen LogP contribution in [0.3, 0.4) is 0 Å². The largest absolute Gasteiger partial charge is 0.495 e. The summed E-state index contributed by atoms with van der Waals surface area (Å²) >= 11 is 6.39. The topological polar surface area (TPSA) is 299 Å². The van der Waals surface area contributed by atoms with Gasteiger partial charge in [0.2, 0.25) is 23.6 Å². The molecular weight excluding hydrogens is 1140 g/mol. The minimum atomic E-state index is -1.29. The Hall–Kier alpha value is -6.30. The maximum absolute atomic E-state index is 14.1. The molecule has 0 bridgehead atoms. The Bertz CT molecular complexity index is 2580. The lowest BCUT2D eigenvalue weighted by molar-refractivity contribution is -0.179. The number of carboxylic acid groups (broad SMARTS) is 1. The number of methoxy groups -OCH3 is 2. The number of halogens is 1. The molecule has 4 rings (SSSR count). The highest BCUT2D eigenvalue weighted by Crippen LogP contribution is 2.45. The molecule has 0 unspecified atom stereocenters. The van der Waals surface area contributed by atoms with Gasteiger partial charge >= 0.3 is 17.9 Å². The second-order valence-electron chi connectivity index (χ2n) is 23.2. The van der Waals surface area contributed by atoms with Crippen LogP contribution in [0.25, 0.3) is 0 Å². The van der Waals surface area contributed by atoms with Crippen LogP contribution in [0.2, 0.25) is 5.02 Å². The summed E-state index contributed by atoms with van der Waals surface area (Å²) in [6.07, 6.45) is 0.164. The Balaban J connectivity index is 1.44. The summed E-state index contributed by atoms with van der Waals surface area (Å²) in [6.45, 7) is 15.1. The van der Waals surface area contributed by atoms with Crippen molar-refractivity contribution >= 4 is 64.7 Å². The molecule has 8 atom stereocenters. The van der Waals surface area contributed by atoms with Crippen molar-refractivity contribution in [3.05, 3.63) is 76.3 Å². The number of amides is 4. The maximum atomic E-state index is 14.1. The molecule has 0 aliphatic carbocycles. The minimum Gasteiger partial charge on any atom is -0.495 e. The molecule has 22 nitrogen and oxygen atoms in total. The highest BCUT2D eigenvalue weighted by molar-refractivity contribution is 6.32. The third kappa shape index (κ3) is 26.0. The van der Waals surface area contributed by atoms with Crippen LogP contribution in [0, 0.1) is 29.1 Å². The van der Waals surface area contributed by atoms with Crippen LogP contribution in [0.1, 0.15) is 129 Å². The van der Waals surface area contributed by atoms with E-state index >= 15 is 0 Å². The van der Waals surface area contributed by atoms with Crippen LogP contribution >= 0.6 is 11.6 Å². The molecule has 1 fully saturated rings. The van der Waals surface area contributed by atoms with Crippen molar-refractivity contribution in [1.29, 1.82) is 0 Å². The number of Topliss-reactive ketones (excluding diaryl/α,β-unsaturated/α-hetero) is 2. The van der Waals surface area contributed by atoms with E-state index in [1.165, 1.54) is 13.2 Å². The Morgan fingerprint density at radius 1 is 0.802 bits per heavy atom. The van der Waals surface area contributed by atoms with Crippen LogP contribution in [0.5, 0.6) is 5.75 Å². The summed E-state index contributed by atoms with van der Waals surface area (Å²) in [7, 11) is 3.08. The van der Waals surface area contributed by atoms with E-state index in [0.717, 1.165) is 11.1 Å². The van der Waals surface area contributed by atoms with Crippen molar-refractivity contribution in [2.45, 2.75) is 156 Å². The maximum Gasteiger partial charge on any atom is 0.347 e. The standard InChI is InChI=1S/C63H91ClN4O18/c1-39(2)34-52-61(77)84-50(12-10-13-54(72)67-47(36-43-19-24-51(80-9)46(64)35-43)60(76)66-38-63(6,7)62(78)85-52)41(5)58-59(86-58)44-20-16-42(17-21-44)18-23-48(69)45(37-49(70)57(40(3)4)68-55(73)14-11-15-56(74)75)22-25-53(71)65-26-27-81-30-31-83-33-32-82-29-28-79-8/h10,13,16-17,19-21,24,35,39-41,45,47,50,52,57-59H,11-12,14-15,18,22-23,25-34,36-38H2,1-9H3,(H,65,71)(H,66,76)(H,67,72)(H,68,73)(H,74,75)/b13-10+/t41-,45+,47+,50-,52-,57-,58+,59+/m0/s1. The van der Waals surface area contributed by atoms with Gasteiger partial charge in [0.05, 0.1) is 75.9 Å². The Morgan fingerprint density at radius 3 is 2.09 bits per heavy atom. The van der Waals surface area contributed by atoms with Crippen LogP contribution in [0.15, 0.2) is 54.6 Å². The van der Waals surface area contributed by atoms with E-state index in [0.29, 0.717) is 62.4 Å². The molecule has 0 aromatic heterocycles. The number of ketones is 2. The van der Waals surface area contributed by atoms with Crippen LogP contribution in [0.4, 0.5) is 0 Å². The van der Waals surface area contributed by atoms with Gasteiger partial charge in [0, 0.05) is 77.0 Å². The Kier molecular flexibility index (Phi) is 31.4. The smallest absolute Gasteiger partial charge is 0.347 e. The van der Waals surface area contributed by atoms with E-state index in [9.17, 15) is 43.2 Å². The minimum absolute atomic E-state index is 0.0433. The summed E-state index contributed by atoms with van der Waals surface area (Å²) < 4.78 is 44.9. The van der Waals surface area contributed by atoms with E-state index < -0.39 is 89.4 Å². The second-order valence-corrected chi connectivity index (χ2v) is 23.6. The molecule has 2 aromatic rings. The Morgan fingerprint density at radius 2 is 1.47 bits per heavy atom. The molecule has 2 aliphatic rings. The lowest BCUT2D eigenvalue weighted by Gasteiger charge is -2.29. The fourth-order valence-electron chi connectivity index (χ4n) is 9.52. The number of aryl methyl sites for hydroxylation is 1. The molecule has 0 radical (unpaired) electrons. The predicted molar refractivity (Wildman–Crippen MR) is 318 cm³/mol. The average molecular weight is 1230 g/mol. The van der Waals surface area contributed by atoms with E-state index in [1.54, 1.807) is 59.1 Å². The fraction of sp³-hybridized carbons (Fsp3) is 0.635. The molecule has 2 aliphatic heterocycles. The number of carbonyl (C=O) groups is 9. The molecule has 0 saturated carbocycles. The number of nitrogens with one attached hydrogen (secondary N) is 4. The summed E-state index contributed by atoms with van der Waals surface area (Å²) in [4.78, 5) is 120. The van der Waals surface area contributed by atoms with E-state index in [4.69, 9.17) is 54.6 Å². The number of esters is 2. The number of epoxide rings is 1. The monoisotopic (exact) mass is 1230 g/mol. The van der Waals surface area contributed by atoms with Gasteiger partial charge in [0.15, 0.2) is 11.9 Å². The van der Waals surface area contributed by atoms with Gasteiger partial charge in [0.25, 0.3) is 0 Å². The first-order chi connectivity index (χ1) is 40.9. The van der Waals surface area contributed by atoms with Crippen molar-refractivity contribution in [3.8, 4) is 5.75 Å². The molecule has 2 aromatic carbocycles. The predicted octanol–water partition coefficient (Wildman–Crippen LogP) is 6.19. The van der Waals surface area contributed by atoms with Gasteiger partial charge in [-0.3, -0.25) is 38.4 Å². The summed E-state index contributed by atoms with van der Waals surface area (Å²) in [5.74, 6) is -6.32. The van der Waals surface area contributed by atoms with Crippen molar-refractivity contribution in [1.82, 2.24) is 21.3 Å². The van der Waals surface area contributed by atoms with Crippen molar-refractivity contribution < 1.29 is 86.2 Å². The highest BCUT2D eigenvalue weighted by Gasteiger charge is 2.48. The van der Waals surface area contributed by atoms with Crippen LogP contribution in [-0.2, 0) is 89.2 Å². The zero-order valence-electron chi connectivity index (χ0n) is 51.4. The first-order valence-electron chi connectivity index (χ1n) is 29.7. The SMILES string of the molecule is COCCOCCOCCOCCNC(=O)CC[C@H](CC(=O)[C@@H](NC(=O)CCCC(=O)O)C(C)C)C(=O)CCc1ccc([C@H]2O[C@@H]2[C@@H](C)[C@@H]2C/C=C/C(=O)N[C@H](Cc3ccc(OC)c(Cl)c3)C(=O)NCC(C)(C)C(=O)O[C@@H](CC(C)C)C(=O)O2)cc1. The number of ether oxygens (including phenoxy) is 8. The average Bonchev–Trinajstić information content (AvgIpc) is 3.88. The number of benzene rings is 2. The number of carboxylic acids is 1. The number of rotatable bonds is 36. The molecule has 4 amide bonds. The molecule has 1 saturated heterocycles. The first kappa shape index (κ1) is 72.2. The normalized spacial score (nSPS) is 20.6. The van der Waals surface area contributed by atoms with Gasteiger partial charge in [-0.15, -0.1) is 0 Å². The Labute approximate surface area is 510 Å². The number of cyclic esters (lactones) is 2. The van der Waals surface area contributed by atoms with Crippen molar-refractivity contribution in [2.75, 3.05) is 73.6 Å². The van der Waals surface area contributed by atoms with Crippen molar-refractivity contribution in [3.63, 3.8) is 0 Å². The van der Waals surface area contributed by atoms with Gasteiger partial charge < -0.3 is 64.3 Å². The molecule has 478 valence electrons. The van der Waals surface area contributed by atoms with E-state index in [1.807, 2.05) is 45.0 Å². The quantitative estimate of drug-likeness (QED) is 0.0289. The van der Waals surface area contributed by atoms with E-state index in [2.05, 4.69) is 21.3 Å². The number of carbonyl (C=O) groups excluding carboxylic acids is 8. The third-order valence-electron chi connectivity index (χ3n) is 14.7. The second kappa shape index (κ2) is 37.4. The summed E-state index contributed by atoms with van der Waals surface area (Å²) in [6, 6.07) is 10.5. The number of hydrogen-bond donors (Lipinski definition) is 5. The lowest BCUT2D eigenvalue weighted by Crippen LogP contribution is -2.51. The van der Waals surface area contributed by atoms with Gasteiger partial charge in [0.1, 0.15) is 29.8 Å². The number of hydrogen-bond acceptors (Lipinski definition) is 17. The van der Waals surface area contributed by atoms with Gasteiger partial charge in [-0.05, 0) is 86.3 Å². The van der Waals surface area contributed by atoms with Crippen molar-refractivity contribution in [2.24, 2.45) is 29.1 Å². The van der Waals surface area contributed by atoms with Crippen LogP contribution < -0.4 is 26.0 Å². The third-order valence-corrected chi connectivity index (χ3v) is 15.0. The lowest BCUT2D eigenvalue weighted by atomic mass is 9.85. The number of aliphatic carboxylic acids is 1. The molecule has 2 heterocycles. The van der Waals surface area contributed by atoms with Gasteiger partial charge in [-0.1, -0.05) is 82.6 Å². The highest BCUT2D eigenvalue weighted by atomic mass is 35.5. The molecule has 86 heavy (non-hydrogen) atoms. The molecule has 5 N–H and O–H groups in total. The zero-order valence-corrected chi connectivity index (χ0v) is 52.1. The van der Waals surface area contributed by atoms with Gasteiger partial charge in [-0.2, -0.15) is 0 Å². The van der Waals surface area contributed by atoms with Gasteiger partial charge in [-0.25, -0.2) is 4.79 Å². The summed E-state index contributed by atoms with van der Waals surface area (Å²) in [5, 5.41) is 20.4. The first-order valence-corrected chi connectivity index (χ1v) is 30.1. The molecule has 0 spiro atoms. The molecule has 23 heteroatoms. The molecular formula is C63H91ClN4O18. The summed E-state index contributed by atoms with van der Waals surface area (Å²) in [5.41, 5.74) is 0.988.